The number of nitrogens with zero attached hydrogens (tertiary/aromatic N) is 1. The first-order valence-electron chi connectivity index (χ1n) is 7.06. The monoisotopic (exact) mass is 252 g/mol. The van der Waals surface area contributed by atoms with Crippen LogP contribution in [0, 0.1) is 5.92 Å². The Hall–Kier alpha value is -1.06. The largest absolute Gasteiger partial charge is 0.342 e. The zero-order valence-corrected chi connectivity index (χ0v) is 11.8. The molecule has 2 rings (SSSR count). The summed E-state index contributed by atoms with van der Waals surface area (Å²) in [5.74, 6) is 0.247. The van der Waals surface area contributed by atoms with Crippen LogP contribution in [0.3, 0.4) is 0 Å². The molecule has 18 heavy (non-hydrogen) atoms. The van der Waals surface area contributed by atoms with Crippen LogP contribution in [0.25, 0.3) is 0 Å². The highest BCUT2D eigenvalue weighted by Crippen LogP contribution is 2.43. The summed E-state index contributed by atoms with van der Waals surface area (Å²) in [5, 5.41) is 2.86. The quantitative estimate of drug-likeness (QED) is 0.831. The van der Waals surface area contributed by atoms with Gasteiger partial charge in [0.1, 0.15) is 12.1 Å². The van der Waals surface area contributed by atoms with Crippen molar-refractivity contribution in [3.8, 4) is 0 Å². The van der Waals surface area contributed by atoms with Crippen molar-refractivity contribution in [3.63, 3.8) is 0 Å². The second-order valence-corrected chi connectivity index (χ2v) is 6.05. The third kappa shape index (κ3) is 1.82. The second-order valence-electron chi connectivity index (χ2n) is 6.05. The van der Waals surface area contributed by atoms with Gasteiger partial charge in [0.2, 0.25) is 11.8 Å². The second kappa shape index (κ2) is 4.56. The van der Waals surface area contributed by atoms with Gasteiger partial charge in [-0.2, -0.15) is 0 Å². The van der Waals surface area contributed by atoms with Gasteiger partial charge in [0.15, 0.2) is 0 Å². The van der Waals surface area contributed by atoms with Crippen LogP contribution in [-0.2, 0) is 9.59 Å². The molecule has 1 saturated carbocycles. The van der Waals surface area contributed by atoms with Crippen molar-refractivity contribution in [2.75, 3.05) is 0 Å². The third-order valence-corrected chi connectivity index (χ3v) is 4.69. The summed E-state index contributed by atoms with van der Waals surface area (Å²) in [4.78, 5) is 26.6. The molecule has 1 N–H and O–H groups in total. The normalized spacial score (nSPS) is 31.3. The molecule has 2 aliphatic rings. The first-order chi connectivity index (χ1) is 8.43. The molecule has 0 aromatic carbocycles. The lowest BCUT2D eigenvalue weighted by molar-refractivity contribution is -0.162. The van der Waals surface area contributed by atoms with E-state index in [1.807, 2.05) is 25.7 Å². The van der Waals surface area contributed by atoms with Crippen molar-refractivity contribution < 1.29 is 9.59 Å². The molecule has 0 bridgehead atoms. The van der Waals surface area contributed by atoms with Gasteiger partial charge in [-0.05, 0) is 38.5 Å². The van der Waals surface area contributed by atoms with E-state index in [9.17, 15) is 9.59 Å². The van der Waals surface area contributed by atoms with Gasteiger partial charge in [0, 0.05) is 5.54 Å². The molecule has 2 atom stereocenters. The molecule has 0 aromatic rings. The molecule has 1 heterocycles. The SMILES string of the molecule is CCC1(N2C(=O)C(C(C)C)NC(=O)C2C)CCC1. The predicted molar refractivity (Wildman–Crippen MR) is 69.9 cm³/mol. The molecule has 0 spiro atoms. The zero-order valence-electron chi connectivity index (χ0n) is 11.8. The highest BCUT2D eigenvalue weighted by Gasteiger charge is 2.51. The first kappa shape index (κ1) is 13.4. The molecule has 1 aliphatic carbocycles. The van der Waals surface area contributed by atoms with Crippen LogP contribution in [0.4, 0.5) is 0 Å². The molecule has 0 radical (unpaired) electrons. The maximum Gasteiger partial charge on any atom is 0.246 e. The lowest BCUT2D eigenvalue weighted by Gasteiger charge is -2.55. The summed E-state index contributed by atoms with van der Waals surface area (Å²) in [7, 11) is 0. The minimum absolute atomic E-state index is 0.00646. The summed E-state index contributed by atoms with van der Waals surface area (Å²) in [6.45, 7) is 7.93. The Balaban J connectivity index is 2.30. The fraction of sp³-hybridized carbons (Fsp3) is 0.857. The molecule has 0 aromatic heterocycles. The Morgan fingerprint density at radius 1 is 1.39 bits per heavy atom. The van der Waals surface area contributed by atoms with E-state index in [0.29, 0.717) is 0 Å². The summed E-state index contributed by atoms with van der Waals surface area (Å²) >= 11 is 0. The first-order valence-corrected chi connectivity index (χ1v) is 7.06. The van der Waals surface area contributed by atoms with Gasteiger partial charge >= 0.3 is 0 Å². The van der Waals surface area contributed by atoms with Gasteiger partial charge in [-0.3, -0.25) is 9.59 Å². The van der Waals surface area contributed by atoms with Crippen LogP contribution < -0.4 is 5.32 Å². The standard InChI is InChI=1S/C14H24N2O2/c1-5-14(7-6-8-14)16-10(4)12(17)15-11(9(2)3)13(16)18/h9-11H,5-8H2,1-4H3,(H,15,17). The van der Waals surface area contributed by atoms with Crippen molar-refractivity contribution in [2.45, 2.75) is 71.0 Å². The fourth-order valence-electron chi connectivity index (χ4n) is 3.24. The average Bonchev–Trinajstić information content (AvgIpc) is 2.26. The van der Waals surface area contributed by atoms with Gasteiger partial charge in [-0.15, -0.1) is 0 Å². The van der Waals surface area contributed by atoms with Gasteiger partial charge < -0.3 is 10.2 Å². The summed E-state index contributed by atoms with van der Waals surface area (Å²) in [6.07, 6.45) is 4.19. The molecule has 2 unspecified atom stereocenters. The van der Waals surface area contributed by atoms with Crippen LogP contribution in [0.15, 0.2) is 0 Å². The minimum atomic E-state index is -0.349. The van der Waals surface area contributed by atoms with E-state index in [1.165, 1.54) is 0 Å². The number of piperazine rings is 1. The van der Waals surface area contributed by atoms with Crippen LogP contribution in [0.1, 0.15) is 53.4 Å². The Labute approximate surface area is 109 Å². The number of rotatable bonds is 3. The van der Waals surface area contributed by atoms with Crippen LogP contribution in [0.5, 0.6) is 0 Å². The molecule has 4 heteroatoms. The highest BCUT2D eigenvalue weighted by molar-refractivity contribution is 5.97. The number of hydrogen-bond acceptors (Lipinski definition) is 2. The van der Waals surface area contributed by atoms with E-state index in [-0.39, 0.29) is 35.4 Å². The molecule has 102 valence electrons. The number of hydrogen-bond donors (Lipinski definition) is 1. The van der Waals surface area contributed by atoms with Crippen LogP contribution >= 0.6 is 0 Å². The molecule has 2 fully saturated rings. The van der Waals surface area contributed by atoms with Crippen LogP contribution in [-0.4, -0.2) is 34.3 Å². The fourth-order valence-corrected chi connectivity index (χ4v) is 3.24. The van der Waals surface area contributed by atoms with E-state index in [2.05, 4.69) is 12.2 Å². The Kier molecular flexibility index (Phi) is 3.39. The maximum absolute atomic E-state index is 12.6. The summed E-state index contributed by atoms with van der Waals surface area (Å²) in [5.41, 5.74) is -0.0542. The van der Waals surface area contributed by atoms with E-state index < -0.39 is 0 Å². The lowest BCUT2D eigenvalue weighted by atomic mass is 9.71. The highest BCUT2D eigenvalue weighted by atomic mass is 16.2. The third-order valence-electron chi connectivity index (χ3n) is 4.69. The Morgan fingerprint density at radius 2 is 2.00 bits per heavy atom. The Bertz CT molecular complexity index is 355. The van der Waals surface area contributed by atoms with Crippen molar-refractivity contribution in [1.82, 2.24) is 10.2 Å². The predicted octanol–water partition coefficient (Wildman–Crippen LogP) is 1.69. The smallest absolute Gasteiger partial charge is 0.246 e. The minimum Gasteiger partial charge on any atom is -0.342 e. The maximum atomic E-state index is 12.6. The van der Waals surface area contributed by atoms with Gasteiger partial charge in [-0.1, -0.05) is 20.8 Å². The average molecular weight is 252 g/mol. The number of carbonyl (C=O) groups excluding carboxylic acids is 2. The number of amides is 2. The molecular weight excluding hydrogens is 228 g/mol. The number of carbonyl (C=O) groups is 2. The van der Waals surface area contributed by atoms with E-state index in [4.69, 9.17) is 0 Å². The molecule has 1 saturated heterocycles. The zero-order chi connectivity index (χ0) is 13.5. The molecule has 1 aliphatic heterocycles. The van der Waals surface area contributed by atoms with Gasteiger partial charge in [0.25, 0.3) is 0 Å². The van der Waals surface area contributed by atoms with E-state index >= 15 is 0 Å². The van der Waals surface area contributed by atoms with Gasteiger partial charge in [-0.25, -0.2) is 0 Å². The summed E-state index contributed by atoms with van der Waals surface area (Å²) < 4.78 is 0. The van der Waals surface area contributed by atoms with Crippen molar-refractivity contribution >= 4 is 11.8 Å². The van der Waals surface area contributed by atoms with Crippen molar-refractivity contribution in [1.29, 1.82) is 0 Å². The van der Waals surface area contributed by atoms with E-state index in [0.717, 1.165) is 25.7 Å². The van der Waals surface area contributed by atoms with Crippen LogP contribution in [0.2, 0.25) is 0 Å². The van der Waals surface area contributed by atoms with Gasteiger partial charge in [0.05, 0.1) is 0 Å². The molecule has 4 nitrogen and oxygen atoms in total. The number of nitrogens with one attached hydrogen (secondary N) is 1. The molecular formula is C14H24N2O2. The van der Waals surface area contributed by atoms with E-state index in [1.54, 1.807) is 0 Å². The van der Waals surface area contributed by atoms with Crippen molar-refractivity contribution in [3.05, 3.63) is 0 Å². The lowest BCUT2D eigenvalue weighted by Crippen LogP contribution is -2.71. The molecule has 2 amide bonds. The van der Waals surface area contributed by atoms with Crippen molar-refractivity contribution in [2.24, 2.45) is 5.92 Å². The Morgan fingerprint density at radius 3 is 2.39 bits per heavy atom. The summed E-state index contributed by atoms with van der Waals surface area (Å²) in [6, 6.07) is -0.675. The topological polar surface area (TPSA) is 49.4 Å².